The maximum absolute atomic E-state index is 13.6. The van der Waals surface area contributed by atoms with Gasteiger partial charge in [0.15, 0.2) is 17.3 Å². The minimum absolute atomic E-state index is 0.0696. The highest BCUT2D eigenvalue weighted by Gasteiger charge is 2.16. The molecule has 0 heterocycles. The third-order valence-corrected chi connectivity index (χ3v) is 1.91. The zero-order valence-electron chi connectivity index (χ0n) is 8.41. The molecule has 0 amide bonds. The van der Waals surface area contributed by atoms with Crippen molar-refractivity contribution in [1.82, 2.24) is 0 Å². The van der Waals surface area contributed by atoms with E-state index in [2.05, 4.69) is 0 Å². The SMILES string of the molecule is COc1ccc(CC(=O)O)c(F)c1OC. The molecule has 0 atom stereocenters. The smallest absolute Gasteiger partial charge is 0.307 e. The molecule has 0 aliphatic rings. The molecule has 1 aromatic rings. The van der Waals surface area contributed by atoms with Crippen molar-refractivity contribution in [3.63, 3.8) is 0 Å². The molecule has 0 bridgehead atoms. The van der Waals surface area contributed by atoms with Crippen molar-refractivity contribution >= 4 is 5.97 Å². The fourth-order valence-corrected chi connectivity index (χ4v) is 1.23. The molecule has 0 spiro atoms. The third-order valence-electron chi connectivity index (χ3n) is 1.91. The summed E-state index contributed by atoms with van der Waals surface area (Å²) in [5.41, 5.74) is 0.0696. The molecule has 4 nitrogen and oxygen atoms in total. The second kappa shape index (κ2) is 4.63. The van der Waals surface area contributed by atoms with Crippen molar-refractivity contribution < 1.29 is 23.8 Å². The zero-order valence-corrected chi connectivity index (χ0v) is 8.41. The van der Waals surface area contributed by atoms with Gasteiger partial charge in [0.25, 0.3) is 0 Å². The molecule has 0 aliphatic heterocycles. The van der Waals surface area contributed by atoms with Crippen molar-refractivity contribution in [2.45, 2.75) is 6.42 Å². The minimum Gasteiger partial charge on any atom is -0.493 e. The molecular formula is C10H11FO4. The number of benzene rings is 1. The molecule has 5 heteroatoms. The Labute approximate surface area is 86.2 Å². The van der Waals surface area contributed by atoms with Crippen LogP contribution in [0, 0.1) is 5.82 Å². The normalized spacial score (nSPS) is 9.80. The lowest BCUT2D eigenvalue weighted by Gasteiger charge is -2.10. The van der Waals surface area contributed by atoms with E-state index in [1.165, 1.54) is 26.4 Å². The number of methoxy groups -OCH3 is 2. The Bertz CT molecular complexity index is 376. The highest BCUT2D eigenvalue weighted by molar-refractivity contribution is 5.70. The van der Waals surface area contributed by atoms with E-state index in [0.29, 0.717) is 0 Å². The fourth-order valence-electron chi connectivity index (χ4n) is 1.23. The Kier molecular flexibility index (Phi) is 3.49. The fraction of sp³-hybridized carbons (Fsp3) is 0.300. The predicted molar refractivity (Wildman–Crippen MR) is 50.8 cm³/mol. The molecule has 0 aromatic heterocycles. The van der Waals surface area contributed by atoms with Crippen molar-refractivity contribution in [3.8, 4) is 11.5 Å². The molecule has 0 aliphatic carbocycles. The van der Waals surface area contributed by atoms with E-state index in [0.717, 1.165) is 0 Å². The monoisotopic (exact) mass is 214 g/mol. The average Bonchev–Trinajstić information content (AvgIpc) is 2.20. The van der Waals surface area contributed by atoms with Gasteiger partial charge in [-0.25, -0.2) is 4.39 Å². The Hall–Kier alpha value is -1.78. The van der Waals surface area contributed by atoms with Crippen molar-refractivity contribution in [3.05, 3.63) is 23.5 Å². The second-order valence-electron chi connectivity index (χ2n) is 2.84. The summed E-state index contributed by atoms with van der Waals surface area (Å²) < 4.78 is 23.3. The largest absolute Gasteiger partial charge is 0.493 e. The van der Waals surface area contributed by atoms with Crippen LogP contribution in [0.4, 0.5) is 4.39 Å². The third kappa shape index (κ3) is 2.37. The van der Waals surface area contributed by atoms with Crippen LogP contribution in [0.3, 0.4) is 0 Å². The number of carboxylic acid groups (broad SMARTS) is 1. The molecule has 1 N–H and O–H groups in total. The molecule has 0 saturated carbocycles. The standard InChI is InChI=1S/C10H11FO4/c1-14-7-4-3-6(5-8(12)13)9(11)10(7)15-2/h3-4H,5H2,1-2H3,(H,12,13). The molecule has 0 unspecified atom stereocenters. The van der Waals surface area contributed by atoms with E-state index in [1.807, 2.05) is 0 Å². The highest BCUT2D eigenvalue weighted by Crippen LogP contribution is 2.31. The van der Waals surface area contributed by atoms with Crippen LogP contribution in [0.2, 0.25) is 0 Å². The van der Waals surface area contributed by atoms with Crippen molar-refractivity contribution in [1.29, 1.82) is 0 Å². The van der Waals surface area contributed by atoms with Crippen LogP contribution >= 0.6 is 0 Å². The van der Waals surface area contributed by atoms with Gasteiger partial charge in [0.05, 0.1) is 20.6 Å². The van der Waals surface area contributed by atoms with Gasteiger partial charge in [0.1, 0.15) is 0 Å². The van der Waals surface area contributed by atoms with Gasteiger partial charge < -0.3 is 14.6 Å². The molecule has 0 radical (unpaired) electrons. The number of aliphatic carboxylic acids is 1. The summed E-state index contributed by atoms with van der Waals surface area (Å²) in [4.78, 5) is 10.4. The first-order chi connectivity index (χ1) is 7.10. The van der Waals surface area contributed by atoms with Gasteiger partial charge in [0, 0.05) is 5.56 Å². The molecule has 0 saturated heterocycles. The van der Waals surface area contributed by atoms with Gasteiger partial charge in [-0.05, 0) is 6.07 Å². The highest BCUT2D eigenvalue weighted by atomic mass is 19.1. The lowest BCUT2D eigenvalue weighted by molar-refractivity contribution is -0.136. The Morgan fingerprint density at radius 2 is 2.07 bits per heavy atom. The average molecular weight is 214 g/mol. The molecule has 0 fully saturated rings. The molecule has 82 valence electrons. The number of hydrogen-bond donors (Lipinski definition) is 1. The first-order valence-corrected chi connectivity index (χ1v) is 4.21. The summed E-state index contributed by atoms with van der Waals surface area (Å²) in [7, 11) is 2.68. The first-order valence-electron chi connectivity index (χ1n) is 4.21. The van der Waals surface area contributed by atoms with Crippen LogP contribution < -0.4 is 9.47 Å². The molecular weight excluding hydrogens is 203 g/mol. The van der Waals surface area contributed by atoms with E-state index in [-0.39, 0.29) is 23.5 Å². The topological polar surface area (TPSA) is 55.8 Å². The van der Waals surface area contributed by atoms with Crippen LogP contribution in [0.25, 0.3) is 0 Å². The van der Waals surface area contributed by atoms with E-state index in [1.54, 1.807) is 0 Å². The van der Waals surface area contributed by atoms with Gasteiger partial charge in [-0.2, -0.15) is 0 Å². The van der Waals surface area contributed by atoms with Gasteiger partial charge in [0.2, 0.25) is 0 Å². The number of carboxylic acids is 1. The Morgan fingerprint density at radius 3 is 2.53 bits per heavy atom. The quantitative estimate of drug-likeness (QED) is 0.824. The summed E-state index contributed by atoms with van der Waals surface area (Å²) in [5.74, 6) is -1.62. The molecule has 15 heavy (non-hydrogen) atoms. The van der Waals surface area contributed by atoms with E-state index >= 15 is 0 Å². The number of hydrogen-bond acceptors (Lipinski definition) is 3. The Morgan fingerprint density at radius 1 is 1.40 bits per heavy atom. The van der Waals surface area contributed by atoms with Crippen LogP contribution in [-0.2, 0) is 11.2 Å². The first kappa shape index (κ1) is 11.3. The van der Waals surface area contributed by atoms with Crippen molar-refractivity contribution in [2.75, 3.05) is 14.2 Å². The van der Waals surface area contributed by atoms with E-state index in [4.69, 9.17) is 14.6 Å². The molecule has 1 aromatic carbocycles. The van der Waals surface area contributed by atoms with E-state index in [9.17, 15) is 9.18 Å². The predicted octanol–water partition coefficient (Wildman–Crippen LogP) is 1.47. The summed E-state index contributed by atoms with van der Waals surface area (Å²) >= 11 is 0. The zero-order chi connectivity index (χ0) is 11.4. The van der Waals surface area contributed by atoms with Crippen LogP contribution in [0.1, 0.15) is 5.56 Å². The van der Waals surface area contributed by atoms with Gasteiger partial charge in [-0.1, -0.05) is 6.07 Å². The number of ether oxygens (including phenoxy) is 2. The number of halogens is 1. The molecule has 1 rings (SSSR count). The van der Waals surface area contributed by atoms with Gasteiger partial charge in [-0.15, -0.1) is 0 Å². The number of carbonyl (C=O) groups is 1. The van der Waals surface area contributed by atoms with E-state index < -0.39 is 11.8 Å². The Balaban J connectivity index is 3.16. The second-order valence-corrected chi connectivity index (χ2v) is 2.84. The summed E-state index contributed by atoms with van der Waals surface area (Å²) in [5, 5.41) is 8.54. The number of rotatable bonds is 4. The van der Waals surface area contributed by atoms with Crippen molar-refractivity contribution in [2.24, 2.45) is 0 Å². The lowest BCUT2D eigenvalue weighted by Crippen LogP contribution is -2.04. The summed E-state index contributed by atoms with van der Waals surface area (Å²) in [6.07, 6.45) is -0.383. The summed E-state index contributed by atoms with van der Waals surface area (Å²) in [6.45, 7) is 0. The van der Waals surface area contributed by atoms with Crippen LogP contribution in [0.15, 0.2) is 12.1 Å². The van der Waals surface area contributed by atoms with Gasteiger partial charge >= 0.3 is 5.97 Å². The summed E-state index contributed by atoms with van der Waals surface area (Å²) in [6, 6.07) is 2.84. The van der Waals surface area contributed by atoms with Crippen LogP contribution in [-0.4, -0.2) is 25.3 Å². The lowest BCUT2D eigenvalue weighted by atomic mass is 10.1. The van der Waals surface area contributed by atoms with Crippen LogP contribution in [0.5, 0.6) is 11.5 Å². The maximum atomic E-state index is 13.6. The minimum atomic E-state index is -1.10. The van der Waals surface area contributed by atoms with Gasteiger partial charge in [-0.3, -0.25) is 4.79 Å². The maximum Gasteiger partial charge on any atom is 0.307 e.